The molecule has 2 aromatic heterocycles. The van der Waals surface area contributed by atoms with E-state index in [1.807, 2.05) is 19.9 Å². The van der Waals surface area contributed by atoms with Crippen LogP contribution in [0.5, 0.6) is 11.5 Å². The maximum Gasteiger partial charge on any atom is 0.356 e. The van der Waals surface area contributed by atoms with Crippen molar-refractivity contribution >= 4 is 22.8 Å². The molecule has 0 unspecified atom stereocenters. The Labute approximate surface area is 163 Å². The molecule has 1 aromatic carbocycles. The Bertz CT molecular complexity index is 973. The number of hydrogen-bond acceptors (Lipinski definition) is 6. The summed E-state index contributed by atoms with van der Waals surface area (Å²) in [4.78, 5) is 31.8. The summed E-state index contributed by atoms with van der Waals surface area (Å²) in [6.45, 7) is 6.03. The van der Waals surface area contributed by atoms with Crippen molar-refractivity contribution in [1.82, 2.24) is 15.3 Å². The van der Waals surface area contributed by atoms with E-state index in [2.05, 4.69) is 15.3 Å². The molecule has 0 spiro atoms. The second-order valence-corrected chi connectivity index (χ2v) is 5.33. The van der Waals surface area contributed by atoms with E-state index in [0.717, 1.165) is 5.39 Å². The van der Waals surface area contributed by atoms with Gasteiger partial charge in [-0.2, -0.15) is 0 Å². The van der Waals surface area contributed by atoms with Gasteiger partial charge < -0.3 is 14.8 Å². The number of nitrogens with one attached hydrogen (secondary N) is 1. The number of amides is 1. The molecule has 0 radical (unpaired) electrons. The number of nitrogens with zero attached hydrogens (tertiary/aromatic N) is 2. The number of ether oxygens (including phenoxy) is 2. The lowest BCUT2D eigenvalue weighted by Gasteiger charge is -2.08. The first kappa shape index (κ1) is 20.8. The van der Waals surface area contributed by atoms with E-state index in [-0.39, 0.29) is 23.9 Å². The third-order valence-electron chi connectivity index (χ3n) is 3.57. The number of carbonyl (C=O) groups is 2. The summed E-state index contributed by atoms with van der Waals surface area (Å²) in [5.41, 5.74) is 1.10. The first-order valence-corrected chi connectivity index (χ1v) is 9.04. The van der Waals surface area contributed by atoms with Crippen LogP contribution in [-0.4, -0.2) is 35.5 Å². The lowest BCUT2D eigenvalue weighted by Crippen LogP contribution is -2.18. The molecule has 0 saturated heterocycles. The number of aromatic nitrogens is 2. The molecule has 7 heteroatoms. The number of carbonyl (C=O) groups excluding carboxylic acids is 2. The number of hydrogen-bond donors (Lipinski definition) is 1. The molecule has 146 valence electrons. The number of pyridine rings is 2. The van der Waals surface area contributed by atoms with Crippen LogP contribution in [0.4, 0.5) is 0 Å². The zero-order valence-electron chi connectivity index (χ0n) is 16.4. The quantitative estimate of drug-likeness (QED) is 0.672. The van der Waals surface area contributed by atoms with E-state index in [0.29, 0.717) is 17.0 Å². The number of rotatable bonds is 5. The van der Waals surface area contributed by atoms with Crippen LogP contribution in [-0.2, 0) is 4.74 Å². The summed E-state index contributed by atoms with van der Waals surface area (Å²) >= 11 is 0. The number of benzene rings is 1. The SMILES string of the molecule is CC.CCOC(=O)c1ccc2ccc(Oc3ccnc(C(=O)NC)c3)cc2n1. The average Bonchev–Trinajstić information content (AvgIpc) is 2.74. The minimum atomic E-state index is -0.468. The fourth-order valence-corrected chi connectivity index (χ4v) is 2.34. The monoisotopic (exact) mass is 381 g/mol. The van der Waals surface area contributed by atoms with Crippen molar-refractivity contribution in [2.75, 3.05) is 13.7 Å². The molecule has 0 saturated carbocycles. The zero-order valence-corrected chi connectivity index (χ0v) is 16.4. The molecule has 0 aliphatic carbocycles. The summed E-state index contributed by atoms with van der Waals surface area (Å²) in [6.07, 6.45) is 1.50. The van der Waals surface area contributed by atoms with Gasteiger partial charge in [-0.25, -0.2) is 9.78 Å². The molecule has 3 rings (SSSR count). The van der Waals surface area contributed by atoms with E-state index >= 15 is 0 Å². The summed E-state index contributed by atoms with van der Waals surface area (Å²) in [7, 11) is 1.54. The van der Waals surface area contributed by atoms with Crippen molar-refractivity contribution in [3.05, 3.63) is 60.0 Å². The minimum absolute atomic E-state index is 0.238. The molecule has 0 atom stereocenters. The maximum atomic E-state index is 11.8. The van der Waals surface area contributed by atoms with Crippen molar-refractivity contribution in [3.8, 4) is 11.5 Å². The van der Waals surface area contributed by atoms with Crippen LogP contribution in [0.15, 0.2) is 48.7 Å². The van der Waals surface area contributed by atoms with Crippen molar-refractivity contribution in [2.24, 2.45) is 0 Å². The summed E-state index contributed by atoms with van der Waals surface area (Å²) in [5, 5.41) is 3.38. The lowest BCUT2D eigenvalue weighted by atomic mass is 10.2. The maximum absolute atomic E-state index is 11.8. The number of esters is 1. The van der Waals surface area contributed by atoms with Gasteiger partial charge in [0.2, 0.25) is 0 Å². The first-order chi connectivity index (χ1) is 13.6. The molecule has 1 N–H and O–H groups in total. The normalized spacial score (nSPS) is 9.86. The molecule has 2 heterocycles. The largest absolute Gasteiger partial charge is 0.461 e. The van der Waals surface area contributed by atoms with Crippen molar-refractivity contribution in [1.29, 1.82) is 0 Å². The first-order valence-electron chi connectivity index (χ1n) is 9.04. The predicted octanol–water partition coefficient (Wildman–Crippen LogP) is 3.98. The van der Waals surface area contributed by atoms with Crippen LogP contribution in [0.25, 0.3) is 10.9 Å². The van der Waals surface area contributed by atoms with Crippen LogP contribution in [0.2, 0.25) is 0 Å². The molecule has 0 fully saturated rings. The van der Waals surface area contributed by atoms with Gasteiger partial charge in [0.25, 0.3) is 5.91 Å². The van der Waals surface area contributed by atoms with Crippen LogP contribution in [0.1, 0.15) is 41.7 Å². The summed E-state index contributed by atoms with van der Waals surface area (Å²) in [5.74, 6) is 0.236. The van der Waals surface area contributed by atoms with Crippen molar-refractivity contribution in [3.63, 3.8) is 0 Å². The molecule has 3 aromatic rings. The van der Waals surface area contributed by atoms with E-state index < -0.39 is 5.97 Å². The molecular weight excluding hydrogens is 358 g/mol. The standard InChI is InChI=1S/C19H17N3O4.C2H6/c1-3-25-19(24)15-7-5-12-4-6-13(10-16(12)22-15)26-14-8-9-21-17(11-14)18(23)20-2;1-2/h4-11H,3H2,1-2H3,(H,20,23);1-2H3. The van der Waals surface area contributed by atoms with E-state index in [4.69, 9.17) is 9.47 Å². The molecule has 1 amide bonds. The molecular formula is C21H23N3O4. The van der Waals surface area contributed by atoms with Crippen LogP contribution in [0.3, 0.4) is 0 Å². The topological polar surface area (TPSA) is 90.4 Å². The molecule has 0 aliphatic heterocycles. The fourth-order valence-electron chi connectivity index (χ4n) is 2.34. The Hall–Kier alpha value is -3.48. The van der Waals surface area contributed by atoms with Crippen molar-refractivity contribution in [2.45, 2.75) is 20.8 Å². The highest BCUT2D eigenvalue weighted by molar-refractivity contribution is 5.92. The second-order valence-electron chi connectivity index (χ2n) is 5.33. The Morgan fingerprint density at radius 3 is 2.43 bits per heavy atom. The van der Waals surface area contributed by atoms with E-state index in [9.17, 15) is 9.59 Å². The van der Waals surface area contributed by atoms with Gasteiger partial charge in [-0.05, 0) is 31.2 Å². The highest BCUT2D eigenvalue weighted by atomic mass is 16.5. The predicted molar refractivity (Wildman–Crippen MR) is 107 cm³/mol. The summed E-state index contributed by atoms with van der Waals surface area (Å²) < 4.78 is 10.8. The minimum Gasteiger partial charge on any atom is -0.461 e. The van der Waals surface area contributed by atoms with Gasteiger partial charge in [0.15, 0.2) is 0 Å². The van der Waals surface area contributed by atoms with Gasteiger partial charge >= 0.3 is 5.97 Å². The highest BCUT2D eigenvalue weighted by Crippen LogP contribution is 2.25. The Kier molecular flexibility index (Phi) is 7.45. The van der Waals surface area contributed by atoms with E-state index in [1.165, 1.54) is 13.2 Å². The molecule has 0 bridgehead atoms. The fraction of sp³-hybridized carbons (Fsp3) is 0.238. The van der Waals surface area contributed by atoms with Gasteiger partial charge in [-0.3, -0.25) is 9.78 Å². The van der Waals surface area contributed by atoms with Gasteiger partial charge in [0, 0.05) is 30.8 Å². The zero-order chi connectivity index (χ0) is 20.5. The second kappa shape index (κ2) is 10.0. The third kappa shape index (κ3) is 5.03. The third-order valence-corrected chi connectivity index (χ3v) is 3.57. The van der Waals surface area contributed by atoms with Crippen molar-refractivity contribution < 1.29 is 19.1 Å². The Morgan fingerprint density at radius 1 is 1.00 bits per heavy atom. The van der Waals surface area contributed by atoms with Crippen LogP contribution >= 0.6 is 0 Å². The van der Waals surface area contributed by atoms with Crippen LogP contribution in [0, 0.1) is 0 Å². The lowest BCUT2D eigenvalue weighted by molar-refractivity contribution is 0.0520. The Morgan fingerprint density at radius 2 is 1.71 bits per heavy atom. The van der Waals surface area contributed by atoms with Gasteiger partial charge in [-0.15, -0.1) is 0 Å². The van der Waals surface area contributed by atoms with E-state index in [1.54, 1.807) is 43.3 Å². The van der Waals surface area contributed by atoms with Gasteiger partial charge in [0.05, 0.1) is 12.1 Å². The molecule has 7 nitrogen and oxygen atoms in total. The molecule has 28 heavy (non-hydrogen) atoms. The van der Waals surface area contributed by atoms with Gasteiger partial charge in [0.1, 0.15) is 22.9 Å². The van der Waals surface area contributed by atoms with Gasteiger partial charge in [-0.1, -0.05) is 19.9 Å². The molecule has 0 aliphatic rings. The summed E-state index contributed by atoms with van der Waals surface area (Å²) in [6, 6.07) is 12.0. The highest BCUT2D eigenvalue weighted by Gasteiger charge is 2.10. The average molecular weight is 381 g/mol. The van der Waals surface area contributed by atoms with Crippen LogP contribution < -0.4 is 10.1 Å². The smallest absolute Gasteiger partial charge is 0.356 e. The Balaban J connectivity index is 0.00000136. The number of fused-ring (bicyclic) bond motifs is 1.